The second-order valence-electron chi connectivity index (χ2n) is 4.43. The first-order valence-electron chi connectivity index (χ1n) is 6.31. The van der Waals surface area contributed by atoms with Crippen LogP contribution in [0.5, 0.6) is 0 Å². The second-order valence-corrected chi connectivity index (χ2v) is 4.43. The van der Waals surface area contributed by atoms with Crippen LogP contribution in [0, 0.1) is 5.82 Å². The molecule has 1 rings (SSSR count). The van der Waals surface area contributed by atoms with E-state index in [1.165, 1.54) is 6.07 Å². The van der Waals surface area contributed by atoms with E-state index < -0.39 is 0 Å². The van der Waals surface area contributed by atoms with E-state index in [1.807, 2.05) is 14.0 Å². The lowest BCUT2D eigenvalue weighted by molar-refractivity contribution is -0.121. The van der Waals surface area contributed by atoms with E-state index in [1.54, 1.807) is 18.2 Å². The molecule has 0 fully saturated rings. The van der Waals surface area contributed by atoms with Gasteiger partial charge in [0.2, 0.25) is 5.91 Å². The summed E-state index contributed by atoms with van der Waals surface area (Å²) in [6.45, 7) is 3.40. The predicted octanol–water partition coefficient (Wildman–Crippen LogP) is 2.04. The van der Waals surface area contributed by atoms with Crippen molar-refractivity contribution in [1.29, 1.82) is 0 Å². The van der Waals surface area contributed by atoms with Crippen molar-refractivity contribution in [2.45, 2.75) is 25.7 Å². The molecule has 0 bridgehead atoms. The topological polar surface area (TPSA) is 41.1 Å². The van der Waals surface area contributed by atoms with Gasteiger partial charge in [0.15, 0.2) is 0 Å². The van der Waals surface area contributed by atoms with Gasteiger partial charge in [-0.05, 0) is 37.6 Å². The summed E-state index contributed by atoms with van der Waals surface area (Å²) in [6.07, 6.45) is 1.22. The monoisotopic (exact) mass is 252 g/mol. The standard InChI is InChI=1S/C14H21FN2O/c1-11(12-6-3-4-7-13(12)15)10-14(18)17-9-5-8-16-2/h3-4,6-7,11,16H,5,8-10H2,1-2H3,(H,17,18). The summed E-state index contributed by atoms with van der Waals surface area (Å²) in [5.74, 6) is -0.370. The third kappa shape index (κ3) is 4.84. The molecular formula is C14H21FN2O. The molecule has 3 nitrogen and oxygen atoms in total. The molecule has 18 heavy (non-hydrogen) atoms. The molecule has 1 amide bonds. The van der Waals surface area contributed by atoms with Crippen molar-refractivity contribution in [3.8, 4) is 0 Å². The fourth-order valence-corrected chi connectivity index (χ4v) is 1.83. The molecule has 1 atom stereocenters. The molecule has 0 radical (unpaired) electrons. The van der Waals surface area contributed by atoms with Crippen LogP contribution in [0.3, 0.4) is 0 Å². The number of halogens is 1. The van der Waals surface area contributed by atoms with E-state index in [4.69, 9.17) is 0 Å². The number of hydrogen-bond donors (Lipinski definition) is 2. The average molecular weight is 252 g/mol. The molecule has 0 aliphatic heterocycles. The molecule has 0 saturated heterocycles. The molecule has 1 unspecified atom stereocenters. The molecule has 100 valence electrons. The maximum Gasteiger partial charge on any atom is 0.220 e. The van der Waals surface area contributed by atoms with E-state index >= 15 is 0 Å². The van der Waals surface area contributed by atoms with Crippen molar-refractivity contribution < 1.29 is 9.18 Å². The maximum absolute atomic E-state index is 13.5. The van der Waals surface area contributed by atoms with Crippen LogP contribution in [-0.2, 0) is 4.79 Å². The molecule has 1 aromatic carbocycles. The number of benzene rings is 1. The molecule has 0 aliphatic carbocycles. The molecule has 0 aromatic heterocycles. The Bertz CT molecular complexity index is 382. The van der Waals surface area contributed by atoms with Gasteiger partial charge >= 0.3 is 0 Å². The quantitative estimate of drug-likeness (QED) is 0.729. The van der Waals surface area contributed by atoms with Gasteiger partial charge in [0.25, 0.3) is 0 Å². The first-order chi connectivity index (χ1) is 8.65. The van der Waals surface area contributed by atoms with E-state index in [-0.39, 0.29) is 17.6 Å². The van der Waals surface area contributed by atoms with Crippen LogP contribution >= 0.6 is 0 Å². The van der Waals surface area contributed by atoms with Crippen molar-refractivity contribution in [3.05, 3.63) is 35.6 Å². The van der Waals surface area contributed by atoms with Crippen LogP contribution in [-0.4, -0.2) is 26.0 Å². The van der Waals surface area contributed by atoms with Crippen molar-refractivity contribution in [1.82, 2.24) is 10.6 Å². The minimum atomic E-state index is -0.243. The highest BCUT2D eigenvalue weighted by atomic mass is 19.1. The van der Waals surface area contributed by atoms with Crippen LogP contribution in [0.25, 0.3) is 0 Å². The van der Waals surface area contributed by atoms with E-state index in [0.717, 1.165) is 13.0 Å². The fraction of sp³-hybridized carbons (Fsp3) is 0.500. The van der Waals surface area contributed by atoms with E-state index in [2.05, 4.69) is 10.6 Å². The highest BCUT2D eigenvalue weighted by Gasteiger charge is 2.13. The van der Waals surface area contributed by atoms with Crippen LogP contribution in [0.4, 0.5) is 4.39 Å². The van der Waals surface area contributed by atoms with Gasteiger partial charge in [-0.25, -0.2) is 4.39 Å². The summed E-state index contributed by atoms with van der Waals surface area (Å²) in [5, 5.41) is 5.85. The van der Waals surface area contributed by atoms with Gasteiger partial charge in [-0.1, -0.05) is 25.1 Å². The average Bonchev–Trinajstić information content (AvgIpc) is 2.35. The number of hydrogen-bond acceptors (Lipinski definition) is 2. The number of carbonyl (C=O) groups is 1. The second kappa shape index (κ2) is 7.82. The Labute approximate surface area is 108 Å². The molecule has 0 spiro atoms. The zero-order valence-electron chi connectivity index (χ0n) is 11.0. The van der Waals surface area contributed by atoms with Crippen LogP contribution in [0.1, 0.15) is 31.2 Å². The molecule has 0 heterocycles. The third-order valence-corrected chi connectivity index (χ3v) is 2.85. The minimum Gasteiger partial charge on any atom is -0.356 e. The molecule has 4 heteroatoms. The fourth-order valence-electron chi connectivity index (χ4n) is 1.83. The van der Waals surface area contributed by atoms with Crippen molar-refractivity contribution in [3.63, 3.8) is 0 Å². The Kier molecular flexibility index (Phi) is 6.36. The van der Waals surface area contributed by atoms with Crippen LogP contribution < -0.4 is 10.6 Å². The normalized spacial score (nSPS) is 12.2. The molecular weight excluding hydrogens is 231 g/mol. The van der Waals surface area contributed by atoms with Gasteiger partial charge in [-0.15, -0.1) is 0 Å². The zero-order valence-corrected chi connectivity index (χ0v) is 11.0. The van der Waals surface area contributed by atoms with Crippen molar-refractivity contribution in [2.75, 3.05) is 20.1 Å². The lowest BCUT2D eigenvalue weighted by atomic mass is 9.97. The van der Waals surface area contributed by atoms with E-state index in [0.29, 0.717) is 18.5 Å². The highest BCUT2D eigenvalue weighted by molar-refractivity contribution is 5.76. The van der Waals surface area contributed by atoms with Gasteiger partial charge in [0.1, 0.15) is 5.82 Å². The van der Waals surface area contributed by atoms with Crippen LogP contribution in [0.15, 0.2) is 24.3 Å². The SMILES string of the molecule is CNCCCNC(=O)CC(C)c1ccccc1F. The number of rotatable bonds is 7. The highest BCUT2D eigenvalue weighted by Crippen LogP contribution is 2.21. The maximum atomic E-state index is 13.5. The van der Waals surface area contributed by atoms with Gasteiger partial charge in [-0.3, -0.25) is 4.79 Å². The summed E-state index contributed by atoms with van der Waals surface area (Å²) in [7, 11) is 1.88. The summed E-state index contributed by atoms with van der Waals surface area (Å²) < 4.78 is 13.5. The number of amides is 1. The Morgan fingerprint density at radius 3 is 2.72 bits per heavy atom. The summed E-state index contributed by atoms with van der Waals surface area (Å²) in [6, 6.07) is 6.61. The van der Waals surface area contributed by atoms with Gasteiger partial charge in [0, 0.05) is 13.0 Å². The lowest BCUT2D eigenvalue weighted by Gasteiger charge is -2.12. The van der Waals surface area contributed by atoms with Gasteiger partial charge in [-0.2, -0.15) is 0 Å². The predicted molar refractivity (Wildman–Crippen MR) is 71.0 cm³/mol. The van der Waals surface area contributed by atoms with Crippen LogP contribution in [0.2, 0.25) is 0 Å². The van der Waals surface area contributed by atoms with Gasteiger partial charge < -0.3 is 10.6 Å². The Balaban J connectivity index is 2.38. The molecule has 0 aliphatic rings. The third-order valence-electron chi connectivity index (χ3n) is 2.85. The number of nitrogens with one attached hydrogen (secondary N) is 2. The van der Waals surface area contributed by atoms with Crippen molar-refractivity contribution >= 4 is 5.91 Å². The Hall–Kier alpha value is -1.42. The van der Waals surface area contributed by atoms with Gasteiger partial charge in [0.05, 0.1) is 0 Å². The van der Waals surface area contributed by atoms with Crippen molar-refractivity contribution in [2.24, 2.45) is 0 Å². The lowest BCUT2D eigenvalue weighted by Crippen LogP contribution is -2.27. The first-order valence-corrected chi connectivity index (χ1v) is 6.31. The zero-order chi connectivity index (χ0) is 13.4. The smallest absolute Gasteiger partial charge is 0.220 e. The molecule has 2 N–H and O–H groups in total. The number of carbonyl (C=O) groups excluding carboxylic acids is 1. The first kappa shape index (κ1) is 14.6. The molecule has 1 aromatic rings. The summed E-state index contributed by atoms with van der Waals surface area (Å²) in [4.78, 5) is 11.6. The molecule has 0 saturated carbocycles. The minimum absolute atomic E-state index is 0.0261. The summed E-state index contributed by atoms with van der Waals surface area (Å²) in [5.41, 5.74) is 0.600. The Morgan fingerprint density at radius 2 is 2.06 bits per heavy atom. The largest absolute Gasteiger partial charge is 0.356 e. The Morgan fingerprint density at radius 1 is 1.33 bits per heavy atom. The van der Waals surface area contributed by atoms with E-state index in [9.17, 15) is 9.18 Å². The summed E-state index contributed by atoms with van der Waals surface area (Å²) >= 11 is 0.